The van der Waals surface area contributed by atoms with Crippen LogP contribution in [0.4, 0.5) is 0 Å². The number of hydrogen-bond acceptors (Lipinski definition) is 3. The number of ketones is 1. The van der Waals surface area contributed by atoms with Gasteiger partial charge in [0.05, 0.1) is 13.2 Å². The Labute approximate surface area is 85.8 Å². The lowest BCUT2D eigenvalue weighted by atomic mass is 9.83. The van der Waals surface area contributed by atoms with E-state index in [1.165, 1.54) is 0 Å². The molecule has 1 heterocycles. The van der Waals surface area contributed by atoms with Gasteiger partial charge >= 0.3 is 0 Å². The lowest BCUT2D eigenvalue weighted by Crippen LogP contribution is -2.30. The van der Waals surface area contributed by atoms with Gasteiger partial charge in [0.25, 0.3) is 0 Å². The normalized spacial score (nSPS) is 21.1. The standard InChI is InChI=1S/C11H20O3/c1-9(12)10(2,3)5-6-11(4)13-7-8-14-11/h5-8H2,1-4H3. The van der Waals surface area contributed by atoms with Gasteiger partial charge in [-0.1, -0.05) is 13.8 Å². The molecule has 0 unspecified atom stereocenters. The summed E-state index contributed by atoms with van der Waals surface area (Å²) in [4.78, 5) is 11.3. The average molecular weight is 200 g/mol. The molecule has 3 heteroatoms. The summed E-state index contributed by atoms with van der Waals surface area (Å²) in [5.74, 6) is -0.244. The first kappa shape index (κ1) is 11.7. The van der Waals surface area contributed by atoms with Crippen LogP contribution in [0, 0.1) is 5.41 Å². The summed E-state index contributed by atoms with van der Waals surface area (Å²) in [6.07, 6.45) is 1.58. The molecule has 0 radical (unpaired) electrons. The monoisotopic (exact) mass is 200 g/mol. The van der Waals surface area contributed by atoms with Crippen LogP contribution >= 0.6 is 0 Å². The second-order valence-corrected chi connectivity index (χ2v) is 4.77. The van der Waals surface area contributed by atoms with Gasteiger partial charge in [-0.3, -0.25) is 4.79 Å². The van der Waals surface area contributed by atoms with E-state index in [1.807, 2.05) is 20.8 Å². The van der Waals surface area contributed by atoms with E-state index >= 15 is 0 Å². The highest BCUT2D eigenvalue weighted by atomic mass is 16.7. The Hall–Kier alpha value is -0.410. The van der Waals surface area contributed by atoms with E-state index in [0.29, 0.717) is 13.2 Å². The second kappa shape index (κ2) is 3.99. The number of Topliss-reactive ketones (excluding diaryl/α,β-unsaturated/α-hetero) is 1. The molecule has 0 amide bonds. The second-order valence-electron chi connectivity index (χ2n) is 4.77. The van der Waals surface area contributed by atoms with Crippen molar-refractivity contribution in [2.75, 3.05) is 13.2 Å². The molecule has 0 saturated carbocycles. The summed E-state index contributed by atoms with van der Waals surface area (Å²) in [6, 6.07) is 0. The fourth-order valence-electron chi connectivity index (χ4n) is 1.42. The third kappa shape index (κ3) is 2.79. The first-order chi connectivity index (χ1) is 6.36. The zero-order valence-corrected chi connectivity index (χ0v) is 9.55. The van der Waals surface area contributed by atoms with Crippen molar-refractivity contribution in [2.45, 2.75) is 46.3 Å². The molecule has 0 aromatic heterocycles. The van der Waals surface area contributed by atoms with Crippen LogP contribution in [0.15, 0.2) is 0 Å². The maximum atomic E-state index is 11.3. The third-order valence-electron chi connectivity index (χ3n) is 3.06. The number of carbonyl (C=O) groups is 1. The minimum Gasteiger partial charge on any atom is -0.348 e. The maximum Gasteiger partial charge on any atom is 0.165 e. The lowest BCUT2D eigenvalue weighted by Gasteiger charge is -2.27. The molecule has 1 aliphatic rings. The van der Waals surface area contributed by atoms with Gasteiger partial charge in [-0.05, 0) is 20.3 Å². The van der Waals surface area contributed by atoms with E-state index in [1.54, 1.807) is 6.92 Å². The number of rotatable bonds is 4. The van der Waals surface area contributed by atoms with E-state index in [-0.39, 0.29) is 11.2 Å². The van der Waals surface area contributed by atoms with Crippen molar-refractivity contribution in [3.63, 3.8) is 0 Å². The van der Waals surface area contributed by atoms with Gasteiger partial charge in [-0.2, -0.15) is 0 Å². The van der Waals surface area contributed by atoms with Gasteiger partial charge in [0, 0.05) is 11.8 Å². The Balaban J connectivity index is 2.43. The minimum atomic E-state index is -0.466. The van der Waals surface area contributed by atoms with Crippen LogP contribution in [0.25, 0.3) is 0 Å². The Morgan fingerprint density at radius 2 is 1.86 bits per heavy atom. The molecule has 0 bridgehead atoms. The van der Waals surface area contributed by atoms with Crippen molar-refractivity contribution in [2.24, 2.45) is 5.41 Å². The quantitative estimate of drug-likeness (QED) is 0.697. The van der Waals surface area contributed by atoms with Gasteiger partial charge in [-0.25, -0.2) is 0 Å². The largest absolute Gasteiger partial charge is 0.348 e. The zero-order valence-electron chi connectivity index (χ0n) is 9.55. The van der Waals surface area contributed by atoms with Crippen molar-refractivity contribution in [3.05, 3.63) is 0 Å². The molecule has 82 valence electrons. The SMILES string of the molecule is CC(=O)C(C)(C)CCC1(C)OCCO1. The molecule has 1 aliphatic heterocycles. The summed E-state index contributed by atoms with van der Waals surface area (Å²) in [6.45, 7) is 8.84. The van der Waals surface area contributed by atoms with Crippen LogP contribution in [0.3, 0.4) is 0 Å². The molecular weight excluding hydrogens is 180 g/mol. The maximum absolute atomic E-state index is 11.3. The predicted octanol–water partition coefficient (Wildman–Crippen LogP) is 2.14. The topological polar surface area (TPSA) is 35.5 Å². The Kier molecular flexibility index (Phi) is 3.32. The molecule has 1 saturated heterocycles. The first-order valence-electron chi connectivity index (χ1n) is 5.15. The molecule has 1 rings (SSSR count). The fourth-order valence-corrected chi connectivity index (χ4v) is 1.42. The summed E-state index contributed by atoms with van der Waals surface area (Å²) in [7, 11) is 0. The van der Waals surface area contributed by atoms with E-state index in [0.717, 1.165) is 12.8 Å². The van der Waals surface area contributed by atoms with E-state index in [9.17, 15) is 4.79 Å². The molecular formula is C11H20O3. The lowest BCUT2D eigenvalue weighted by molar-refractivity contribution is -0.153. The summed E-state index contributed by atoms with van der Waals surface area (Å²) >= 11 is 0. The van der Waals surface area contributed by atoms with E-state index < -0.39 is 5.79 Å². The molecule has 0 aromatic carbocycles. The number of ether oxygens (including phenoxy) is 2. The van der Waals surface area contributed by atoms with Crippen LogP contribution in [0.5, 0.6) is 0 Å². The van der Waals surface area contributed by atoms with Gasteiger partial charge in [0.1, 0.15) is 5.78 Å². The average Bonchev–Trinajstić information content (AvgIpc) is 2.50. The molecule has 0 spiro atoms. The van der Waals surface area contributed by atoms with Crippen LogP contribution in [-0.2, 0) is 14.3 Å². The zero-order chi connectivity index (χ0) is 10.8. The summed E-state index contributed by atoms with van der Waals surface area (Å²) in [5.41, 5.74) is -0.266. The molecule has 0 atom stereocenters. The molecule has 1 fully saturated rings. The highest BCUT2D eigenvalue weighted by Crippen LogP contribution is 2.31. The van der Waals surface area contributed by atoms with Gasteiger partial charge in [-0.15, -0.1) is 0 Å². The van der Waals surface area contributed by atoms with Crippen molar-refractivity contribution < 1.29 is 14.3 Å². The highest BCUT2D eigenvalue weighted by molar-refractivity contribution is 5.81. The smallest absolute Gasteiger partial charge is 0.165 e. The molecule has 0 N–H and O–H groups in total. The Morgan fingerprint density at radius 1 is 1.36 bits per heavy atom. The number of carbonyl (C=O) groups excluding carboxylic acids is 1. The summed E-state index contributed by atoms with van der Waals surface area (Å²) < 4.78 is 11.0. The first-order valence-corrected chi connectivity index (χ1v) is 5.15. The van der Waals surface area contributed by atoms with Crippen molar-refractivity contribution in [1.82, 2.24) is 0 Å². The van der Waals surface area contributed by atoms with Crippen LogP contribution in [-0.4, -0.2) is 24.8 Å². The third-order valence-corrected chi connectivity index (χ3v) is 3.06. The number of hydrogen-bond donors (Lipinski definition) is 0. The van der Waals surface area contributed by atoms with Crippen LogP contribution in [0.2, 0.25) is 0 Å². The van der Waals surface area contributed by atoms with Crippen LogP contribution < -0.4 is 0 Å². The molecule has 14 heavy (non-hydrogen) atoms. The van der Waals surface area contributed by atoms with Gasteiger partial charge in [0.15, 0.2) is 5.79 Å². The minimum absolute atomic E-state index is 0.221. The van der Waals surface area contributed by atoms with E-state index in [4.69, 9.17) is 9.47 Å². The molecule has 0 aliphatic carbocycles. The van der Waals surface area contributed by atoms with Crippen LogP contribution in [0.1, 0.15) is 40.5 Å². The predicted molar refractivity (Wildman–Crippen MR) is 54.0 cm³/mol. The molecule has 0 aromatic rings. The van der Waals surface area contributed by atoms with Crippen molar-refractivity contribution in [1.29, 1.82) is 0 Å². The van der Waals surface area contributed by atoms with Crippen molar-refractivity contribution in [3.8, 4) is 0 Å². The van der Waals surface area contributed by atoms with E-state index in [2.05, 4.69) is 0 Å². The Morgan fingerprint density at radius 3 is 2.29 bits per heavy atom. The van der Waals surface area contributed by atoms with Crippen molar-refractivity contribution >= 4 is 5.78 Å². The molecule has 3 nitrogen and oxygen atoms in total. The summed E-state index contributed by atoms with van der Waals surface area (Å²) in [5, 5.41) is 0. The van der Waals surface area contributed by atoms with Gasteiger partial charge < -0.3 is 9.47 Å². The van der Waals surface area contributed by atoms with Gasteiger partial charge in [0.2, 0.25) is 0 Å². The highest BCUT2D eigenvalue weighted by Gasteiger charge is 2.34. The Bertz CT molecular complexity index is 215. The fraction of sp³-hybridized carbons (Fsp3) is 0.909.